The van der Waals surface area contributed by atoms with Crippen LogP contribution in [0, 0.1) is 27.7 Å². The number of aromatic nitrogens is 2. The van der Waals surface area contributed by atoms with Gasteiger partial charge in [-0.3, -0.25) is 4.79 Å². The number of fused-ring (bicyclic) bond motifs is 1. The number of carbonyl (C=O) groups is 1. The predicted octanol–water partition coefficient (Wildman–Crippen LogP) is 6.26. The number of nitrogens with zero attached hydrogens (tertiary/aromatic N) is 3. The van der Waals surface area contributed by atoms with E-state index < -0.39 is 0 Å². The Morgan fingerprint density at radius 2 is 1.69 bits per heavy atom. The van der Waals surface area contributed by atoms with E-state index >= 15 is 0 Å². The Kier molecular flexibility index (Phi) is 6.33. The van der Waals surface area contributed by atoms with Crippen molar-refractivity contribution >= 4 is 22.6 Å². The molecule has 5 heteroatoms. The SMILES string of the molecule is Cc1ccc(C)c(OCCCn2c(C3CC(=O)N(c4cc(C)ccc4C)C3)nc3ccccc32)c1. The van der Waals surface area contributed by atoms with Gasteiger partial charge in [-0.1, -0.05) is 36.4 Å². The molecule has 5 rings (SSSR count). The van der Waals surface area contributed by atoms with Gasteiger partial charge in [0.05, 0.1) is 17.6 Å². The Hall–Kier alpha value is -3.60. The molecule has 1 atom stereocenters. The maximum atomic E-state index is 13.1. The largest absolute Gasteiger partial charge is 0.493 e. The summed E-state index contributed by atoms with van der Waals surface area (Å²) in [5.41, 5.74) is 7.76. The number of ether oxygens (including phenoxy) is 1. The molecule has 0 N–H and O–H groups in total. The highest BCUT2D eigenvalue weighted by atomic mass is 16.5. The van der Waals surface area contributed by atoms with Crippen molar-refractivity contribution in [3.8, 4) is 5.75 Å². The summed E-state index contributed by atoms with van der Waals surface area (Å²) in [6.45, 7) is 10.4. The number of benzene rings is 3. The van der Waals surface area contributed by atoms with Crippen molar-refractivity contribution in [3.05, 3.63) is 88.7 Å². The molecule has 5 nitrogen and oxygen atoms in total. The minimum absolute atomic E-state index is 0.0646. The molecule has 4 aromatic rings. The van der Waals surface area contributed by atoms with Crippen LogP contribution in [0.3, 0.4) is 0 Å². The van der Waals surface area contributed by atoms with E-state index in [0.29, 0.717) is 19.6 Å². The van der Waals surface area contributed by atoms with E-state index in [9.17, 15) is 4.79 Å². The van der Waals surface area contributed by atoms with Crippen LogP contribution in [0.25, 0.3) is 11.0 Å². The van der Waals surface area contributed by atoms with Gasteiger partial charge < -0.3 is 14.2 Å². The lowest BCUT2D eigenvalue weighted by molar-refractivity contribution is -0.117. The number of carbonyl (C=O) groups excluding carboxylic acids is 1. The second kappa shape index (κ2) is 9.57. The fraction of sp³-hybridized carbons (Fsp3) is 0.333. The number of para-hydroxylation sites is 2. The standard InChI is InChI=1S/C30H33N3O2/c1-20-10-12-22(3)27(16-20)33-19-24(18-29(33)34)30-31-25-8-5-6-9-26(25)32(30)14-7-15-35-28-17-21(2)11-13-23(28)4/h5-6,8-13,16-17,24H,7,14-15,18-19H2,1-4H3. The highest BCUT2D eigenvalue weighted by Gasteiger charge is 2.35. The van der Waals surface area contributed by atoms with Crippen LogP contribution < -0.4 is 9.64 Å². The smallest absolute Gasteiger partial charge is 0.227 e. The van der Waals surface area contributed by atoms with Crippen LogP contribution >= 0.6 is 0 Å². The molecule has 1 aromatic heterocycles. The zero-order valence-corrected chi connectivity index (χ0v) is 21.0. The van der Waals surface area contributed by atoms with Crippen molar-refractivity contribution in [2.45, 2.75) is 53.0 Å². The highest BCUT2D eigenvalue weighted by molar-refractivity contribution is 5.97. The summed E-state index contributed by atoms with van der Waals surface area (Å²) in [6.07, 6.45) is 1.35. The van der Waals surface area contributed by atoms with Crippen molar-refractivity contribution < 1.29 is 9.53 Å². The third-order valence-corrected chi connectivity index (χ3v) is 6.96. The third kappa shape index (κ3) is 4.68. The Labute approximate surface area is 207 Å². The molecule has 3 aromatic carbocycles. The number of rotatable bonds is 7. The van der Waals surface area contributed by atoms with Gasteiger partial charge in [0.2, 0.25) is 5.91 Å². The number of hydrogen-bond acceptors (Lipinski definition) is 3. The van der Waals surface area contributed by atoms with Crippen LogP contribution in [0.2, 0.25) is 0 Å². The first-order valence-electron chi connectivity index (χ1n) is 12.4. The summed E-state index contributed by atoms with van der Waals surface area (Å²) in [5, 5.41) is 0. The summed E-state index contributed by atoms with van der Waals surface area (Å²) in [5.74, 6) is 2.18. The Bertz CT molecular complexity index is 1390. The topological polar surface area (TPSA) is 47.4 Å². The van der Waals surface area contributed by atoms with E-state index in [4.69, 9.17) is 9.72 Å². The van der Waals surface area contributed by atoms with Crippen molar-refractivity contribution in [3.63, 3.8) is 0 Å². The van der Waals surface area contributed by atoms with Crippen molar-refractivity contribution in [1.29, 1.82) is 0 Å². The number of hydrogen-bond donors (Lipinski definition) is 0. The van der Waals surface area contributed by atoms with Crippen molar-refractivity contribution in [2.24, 2.45) is 0 Å². The lowest BCUT2D eigenvalue weighted by Gasteiger charge is -2.20. The first-order valence-corrected chi connectivity index (χ1v) is 12.4. The van der Waals surface area contributed by atoms with Crippen LogP contribution in [-0.4, -0.2) is 28.6 Å². The molecular weight excluding hydrogens is 434 g/mol. The summed E-state index contributed by atoms with van der Waals surface area (Å²) in [6, 6.07) is 20.9. The quantitative estimate of drug-likeness (QED) is 0.301. The van der Waals surface area contributed by atoms with Crippen LogP contribution in [0.4, 0.5) is 5.69 Å². The van der Waals surface area contributed by atoms with Crippen LogP contribution in [0.15, 0.2) is 60.7 Å². The van der Waals surface area contributed by atoms with Gasteiger partial charge in [-0.2, -0.15) is 0 Å². The summed E-state index contributed by atoms with van der Waals surface area (Å²) in [4.78, 5) is 20.0. The molecule has 0 aliphatic carbocycles. The number of anilines is 1. The molecule has 0 saturated carbocycles. The molecule has 1 unspecified atom stereocenters. The van der Waals surface area contributed by atoms with Crippen molar-refractivity contribution in [2.75, 3.05) is 18.1 Å². The summed E-state index contributed by atoms with van der Waals surface area (Å²) >= 11 is 0. The second-order valence-electron chi connectivity index (χ2n) is 9.78. The maximum Gasteiger partial charge on any atom is 0.227 e. The zero-order valence-electron chi connectivity index (χ0n) is 21.0. The molecule has 0 spiro atoms. The molecule has 1 fully saturated rings. The minimum Gasteiger partial charge on any atom is -0.493 e. The molecule has 180 valence electrons. The van der Waals surface area contributed by atoms with Gasteiger partial charge in [0.1, 0.15) is 11.6 Å². The van der Waals surface area contributed by atoms with Gasteiger partial charge in [-0.25, -0.2) is 4.98 Å². The Morgan fingerprint density at radius 3 is 2.51 bits per heavy atom. The summed E-state index contributed by atoms with van der Waals surface area (Å²) < 4.78 is 8.41. The normalized spacial score (nSPS) is 15.8. The Morgan fingerprint density at radius 1 is 0.943 bits per heavy atom. The molecule has 35 heavy (non-hydrogen) atoms. The van der Waals surface area contributed by atoms with E-state index in [1.165, 1.54) is 5.56 Å². The molecule has 1 saturated heterocycles. The van der Waals surface area contributed by atoms with Crippen LogP contribution in [0.1, 0.15) is 46.8 Å². The van der Waals surface area contributed by atoms with E-state index in [0.717, 1.165) is 58.0 Å². The van der Waals surface area contributed by atoms with E-state index in [2.05, 4.69) is 86.9 Å². The van der Waals surface area contributed by atoms with Gasteiger partial charge in [-0.05, 0) is 80.6 Å². The Balaban J connectivity index is 1.36. The lowest BCUT2D eigenvalue weighted by Crippen LogP contribution is -2.25. The van der Waals surface area contributed by atoms with E-state index in [-0.39, 0.29) is 11.8 Å². The molecule has 1 aliphatic heterocycles. The van der Waals surface area contributed by atoms with Gasteiger partial charge in [-0.15, -0.1) is 0 Å². The molecule has 0 radical (unpaired) electrons. The number of amides is 1. The van der Waals surface area contributed by atoms with E-state index in [1.807, 2.05) is 11.0 Å². The molecule has 2 heterocycles. The first kappa shape index (κ1) is 23.2. The maximum absolute atomic E-state index is 13.1. The third-order valence-electron chi connectivity index (χ3n) is 6.96. The molecule has 0 bridgehead atoms. The first-order chi connectivity index (χ1) is 16.9. The highest BCUT2D eigenvalue weighted by Crippen LogP contribution is 2.35. The average molecular weight is 468 g/mol. The van der Waals surface area contributed by atoms with Crippen LogP contribution in [-0.2, 0) is 11.3 Å². The second-order valence-corrected chi connectivity index (χ2v) is 9.78. The van der Waals surface area contributed by atoms with Gasteiger partial charge in [0, 0.05) is 31.1 Å². The van der Waals surface area contributed by atoms with Crippen molar-refractivity contribution in [1.82, 2.24) is 9.55 Å². The molecule has 1 amide bonds. The fourth-order valence-corrected chi connectivity index (χ4v) is 5.03. The number of aryl methyl sites for hydroxylation is 5. The average Bonchev–Trinajstić information content (AvgIpc) is 3.41. The fourth-order valence-electron chi connectivity index (χ4n) is 5.03. The zero-order chi connectivity index (χ0) is 24.5. The monoisotopic (exact) mass is 467 g/mol. The van der Waals surface area contributed by atoms with Crippen LogP contribution in [0.5, 0.6) is 5.75 Å². The minimum atomic E-state index is 0.0646. The lowest BCUT2D eigenvalue weighted by atomic mass is 10.1. The van der Waals surface area contributed by atoms with Gasteiger partial charge in [0.25, 0.3) is 0 Å². The molecule has 1 aliphatic rings. The summed E-state index contributed by atoms with van der Waals surface area (Å²) in [7, 11) is 0. The molecular formula is C30H33N3O2. The number of imidazole rings is 1. The van der Waals surface area contributed by atoms with Gasteiger partial charge >= 0.3 is 0 Å². The predicted molar refractivity (Wildman–Crippen MR) is 141 cm³/mol. The van der Waals surface area contributed by atoms with E-state index in [1.54, 1.807) is 0 Å². The van der Waals surface area contributed by atoms with Gasteiger partial charge in [0.15, 0.2) is 0 Å².